The molecule has 0 radical (unpaired) electrons. The fourth-order valence-electron chi connectivity index (χ4n) is 5.50. The molecule has 3 nitrogen and oxygen atoms in total. The first kappa shape index (κ1) is 18.5. The summed E-state index contributed by atoms with van der Waals surface area (Å²) in [5.41, 5.74) is 3.94. The molecule has 2 unspecified atom stereocenters. The van der Waals surface area contributed by atoms with Crippen molar-refractivity contribution in [2.24, 2.45) is 23.7 Å². The zero-order valence-corrected chi connectivity index (χ0v) is 16.7. The van der Waals surface area contributed by atoms with Crippen LogP contribution in [0.1, 0.15) is 74.3 Å². The molecule has 3 heteroatoms. The van der Waals surface area contributed by atoms with Gasteiger partial charge in [-0.3, -0.25) is 9.89 Å². The summed E-state index contributed by atoms with van der Waals surface area (Å²) < 4.78 is 0. The van der Waals surface area contributed by atoms with Crippen LogP contribution >= 0.6 is 0 Å². The minimum absolute atomic E-state index is 0.229. The van der Waals surface area contributed by atoms with Gasteiger partial charge in [-0.05, 0) is 50.0 Å². The number of hydrogen-bond acceptors (Lipinski definition) is 2. The molecule has 144 valence electrons. The largest absolute Gasteiger partial charge is 0.294 e. The number of nitrogens with zero attached hydrogens (tertiary/aromatic N) is 1. The lowest BCUT2D eigenvalue weighted by molar-refractivity contribution is 0.0678. The highest BCUT2D eigenvalue weighted by molar-refractivity contribution is 5.98. The Labute approximate surface area is 163 Å². The minimum Gasteiger partial charge on any atom is -0.294 e. The van der Waals surface area contributed by atoms with Crippen LogP contribution in [0, 0.1) is 30.6 Å². The molecule has 0 amide bonds. The molecule has 2 fully saturated rings. The first-order valence-electron chi connectivity index (χ1n) is 10.8. The third kappa shape index (κ3) is 4.02. The quantitative estimate of drug-likeness (QED) is 0.656. The van der Waals surface area contributed by atoms with Crippen LogP contribution < -0.4 is 0 Å². The molecular weight excluding hydrogens is 332 g/mol. The highest BCUT2D eigenvalue weighted by atomic mass is 16.1. The number of ketones is 1. The Morgan fingerprint density at radius 3 is 2.52 bits per heavy atom. The summed E-state index contributed by atoms with van der Waals surface area (Å²) in [6.45, 7) is 4.39. The monoisotopic (exact) mass is 364 g/mol. The van der Waals surface area contributed by atoms with Crippen molar-refractivity contribution in [1.82, 2.24) is 10.2 Å². The Morgan fingerprint density at radius 2 is 1.81 bits per heavy atom. The second-order valence-electron chi connectivity index (χ2n) is 8.96. The number of Topliss-reactive ketones (excluding diaryl/α,β-unsaturated/α-hetero) is 1. The van der Waals surface area contributed by atoms with Crippen molar-refractivity contribution in [3.05, 3.63) is 41.6 Å². The first-order chi connectivity index (χ1) is 13.1. The molecule has 2 aliphatic rings. The normalized spacial score (nSPS) is 28.8. The van der Waals surface area contributed by atoms with Crippen molar-refractivity contribution in [2.45, 2.75) is 65.2 Å². The standard InChI is InChI=1S/C24H32N2O/c1-16-6-5-7-20(14-16)21-8-3-4-9-22(21)24(27)19-12-10-18(11-13-19)23-15-17(2)25-26-23/h10-13,15-16,20-22H,3-9,14H2,1-2H3,(H,25,26)/t16?,20?,21-,22-/m1/s1. The van der Waals surface area contributed by atoms with Crippen LogP contribution in [0.2, 0.25) is 0 Å². The Morgan fingerprint density at radius 1 is 1.04 bits per heavy atom. The Bertz CT molecular complexity index is 776. The van der Waals surface area contributed by atoms with E-state index >= 15 is 0 Å². The molecule has 2 aliphatic carbocycles. The zero-order valence-electron chi connectivity index (χ0n) is 16.7. The number of rotatable bonds is 4. The number of aromatic amines is 1. The van der Waals surface area contributed by atoms with Crippen LogP contribution in [-0.2, 0) is 0 Å². The maximum absolute atomic E-state index is 13.4. The van der Waals surface area contributed by atoms with E-state index < -0.39 is 0 Å². The van der Waals surface area contributed by atoms with Crippen molar-refractivity contribution in [1.29, 1.82) is 0 Å². The number of nitrogens with one attached hydrogen (secondary N) is 1. The number of hydrogen-bond donors (Lipinski definition) is 1. The lowest BCUT2D eigenvalue weighted by Gasteiger charge is -2.40. The van der Waals surface area contributed by atoms with Crippen LogP contribution in [0.15, 0.2) is 30.3 Å². The van der Waals surface area contributed by atoms with Gasteiger partial charge in [-0.2, -0.15) is 5.10 Å². The Balaban J connectivity index is 1.51. The van der Waals surface area contributed by atoms with Gasteiger partial charge in [0.15, 0.2) is 5.78 Å². The van der Waals surface area contributed by atoms with Gasteiger partial charge in [0, 0.05) is 22.7 Å². The zero-order chi connectivity index (χ0) is 18.8. The fourth-order valence-corrected chi connectivity index (χ4v) is 5.50. The van der Waals surface area contributed by atoms with Gasteiger partial charge in [-0.1, -0.05) is 63.3 Å². The van der Waals surface area contributed by atoms with E-state index in [1.54, 1.807) is 0 Å². The molecule has 4 atom stereocenters. The second-order valence-corrected chi connectivity index (χ2v) is 8.96. The summed E-state index contributed by atoms with van der Waals surface area (Å²) in [6.07, 6.45) is 10.2. The Kier molecular flexibility index (Phi) is 5.47. The fraction of sp³-hybridized carbons (Fsp3) is 0.583. The van der Waals surface area contributed by atoms with Crippen LogP contribution in [-0.4, -0.2) is 16.0 Å². The van der Waals surface area contributed by atoms with Gasteiger partial charge in [-0.15, -0.1) is 0 Å². The van der Waals surface area contributed by atoms with E-state index in [1.807, 2.05) is 37.3 Å². The lowest BCUT2D eigenvalue weighted by atomic mass is 9.64. The molecule has 1 heterocycles. The summed E-state index contributed by atoms with van der Waals surface area (Å²) in [4.78, 5) is 13.4. The second kappa shape index (κ2) is 8.00. The van der Waals surface area contributed by atoms with Crippen LogP contribution in [0.4, 0.5) is 0 Å². The number of carbonyl (C=O) groups is 1. The molecule has 1 aromatic heterocycles. The highest BCUT2D eigenvalue weighted by Gasteiger charge is 2.37. The van der Waals surface area contributed by atoms with Crippen molar-refractivity contribution >= 4 is 5.78 Å². The predicted molar refractivity (Wildman–Crippen MR) is 110 cm³/mol. The molecule has 0 bridgehead atoms. The predicted octanol–water partition coefficient (Wildman–Crippen LogP) is 6.20. The van der Waals surface area contributed by atoms with Crippen molar-refractivity contribution in [3.63, 3.8) is 0 Å². The van der Waals surface area contributed by atoms with Gasteiger partial charge in [0.2, 0.25) is 0 Å². The summed E-state index contributed by atoms with van der Waals surface area (Å²) in [5.74, 6) is 2.80. The van der Waals surface area contributed by atoms with E-state index in [9.17, 15) is 4.79 Å². The van der Waals surface area contributed by atoms with E-state index in [2.05, 4.69) is 17.1 Å². The van der Waals surface area contributed by atoms with E-state index in [0.29, 0.717) is 11.7 Å². The molecule has 2 aromatic rings. The first-order valence-corrected chi connectivity index (χ1v) is 10.8. The number of aryl methyl sites for hydroxylation is 1. The van der Waals surface area contributed by atoms with Gasteiger partial charge < -0.3 is 0 Å². The summed E-state index contributed by atoms with van der Waals surface area (Å²) in [7, 11) is 0. The van der Waals surface area contributed by atoms with E-state index in [-0.39, 0.29) is 5.92 Å². The molecule has 0 aliphatic heterocycles. The molecule has 27 heavy (non-hydrogen) atoms. The number of H-pyrrole nitrogens is 1. The smallest absolute Gasteiger partial charge is 0.166 e. The van der Waals surface area contributed by atoms with E-state index in [1.165, 1.54) is 44.9 Å². The topological polar surface area (TPSA) is 45.8 Å². The number of benzene rings is 1. The van der Waals surface area contributed by atoms with Crippen LogP contribution in [0.25, 0.3) is 11.3 Å². The maximum Gasteiger partial charge on any atom is 0.166 e. The summed E-state index contributed by atoms with van der Waals surface area (Å²) in [6, 6.07) is 10.2. The minimum atomic E-state index is 0.229. The van der Waals surface area contributed by atoms with Crippen molar-refractivity contribution in [3.8, 4) is 11.3 Å². The number of carbonyl (C=O) groups excluding carboxylic acids is 1. The average Bonchev–Trinajstić information content (AvgIpc) is 3.14. The van der Waals surface area contributed by atoms with E-state index in [0.717, 1.165) is 40.8 Å². The van der Waals surface area contributed by atoms with E-state index in [4.69, 9.17) is 0 Å². The van der Waals surface area contributed by atoms with Crippen molar-refractivity contribution < 1.29 is 4.79 Å². The third-order valence-electron chi connectivity index (χ3n) is 6.91. The average molecular weight is 365 g/mol. The van der Waals surface area contributed by atoms with Crippen LogP contribution in [0.5, 0.6) is 0 Å². The molecule has 0 spiro atoms. The lowest BCUT2D eigenvalue weighted by Crippen LogP contribution is -2.34. The van der Waals surface area contributed by atoms with Crippen molar-refractivity contribution in [2.75, 3.05) is 0 Å². The van der Waals surface area contributed by atoms with Gasteiger partial charge in [-0.25, -0.2) is 0 Å². The van der Waals surface area contributed by atoms with Gasteiger partial charge in [0.05, 0.1) is 5.69 Å². The summed E-state index contributed by atoms with van der Waals surface area (Å²) in [5, 5.41) is 7.31. The maximum atomic E-state index is 13.4. The molecule has 4 rings (SSSR count). The molecule has 1 N–H and O–H groups in total. The Hall–Kier alpha value is -1.90. The van der Waals surface area contributed by atoms with Gasteiger partial charge in [0.1, 0.15) is 0 Å². The number of aromatic nitrogens is 2. The molecule has 1 aromatic carbocycles. The van der Waals surface area contributed by atoms with Gasteiger partial charge >= 0.3 is 0 Å². The summed E-state index contributed by atoms with van der Waals surface area (Å²) >= 11 is 0. The molecule has 2 saturated carbocycles. The molecule has 0 saturated heterocycles. The highest BCUT2D eigenvalue weighted by Crippen LogP contribution is 2.44. The molecular formula is C24H32N2O. The van der Waals surface area contributed by atoms with Crippen LogP contribution in [0.3, 0.4) is 0 Å². The third-order valence-corrected chi connectivity index (χ3v) is 6.91. The van der Waals surface area contributed by atoms with Gasteiger partial charge in [0.25, 0.3) is 0 Å². The SMILES string of the molecule is Cc1cc(-c2ccc(C(=O)[C@@H]3CCCC[C@@H]3C3CCCC(C)C3)cc2)n[nH]1.